The Labute approximate surface area is 165 Å². The molecule has 29 heavy (non-hydrogen) atoms. The number of nitrogens with zero attached hydrogens (tertiary/aromatic N) is 1. The predicted molar refractivity (Wildman–Crippen MR) is 105 cm³/mol. The highest BCUT2D eigenvalue weighted by molar-refractivity contribution is 5.86. The number of aliphatic carboxylic acids is 2. The first-order valence-corrected chi connectivity index (χ1v) is 8.77. The van der Waals surface area contributed by atoms with Crippen molar-refractivity contribution in [1.82, 2.24) is 4.90 Å². The van der Waals surface area contributed by atoms with E-state index in [2.05, 4.69) is 0 Å². The minimum Gasteiger partial charge on any atom is -0.507 e. The topological polar surface area (TPSA) is 128 Å². The van der Waals surface area contributed by atoms with Crippen molar-refractivity contribution in [3.8, 4) is 16.9 Å². The number of benzene rings is 2. The van der Waals surface area contributed by atoms with Crippen molar-refractivity contribution in [3.63, 3.8) is 0 Å². The lowest BCUT2D eigenvalue weighted by molar-refractivity contribution is -0.142. The summed E-state index contributed by atoms with van der Waals surface area (Å²) < 4.78 is 5.87. The van der Waals surface area contributed by atoms with Gasteiger partial charge in [-0.1, -0.05) is 30.3 Å². The summed E-state index contributed by atoms with van der Waals surface area (Å²) in [5.41, 5.74) is 1.05. The van der Waals surface area contributed by atoms with E-state index in [1.54, 1.807) is 31.2 Å². The van der Waals surface area contributed by atoms with Gasteiger partial charge in [0.05, 0.1) is 29.6 Å². The van der Waals surface area contributed by atoms with Gasteiger partial charge in [0.1, 0.15) is 17.1 Å². The monoisotopic (exact) mass is 397 g/mol. The van der Waals surface area contributed by atoms with E-state index in [1.807, 2.05) is 6.07 Å². The van der Waals surface area contributed by atoms with Crippen LogP contribution in [0.15, 0.2) is 51.7 Å². The molecule has 0 aliphatic carbocycles. The molecule has 3 aromatic rings. The summed E-state index contributed by atoms with van der Waals surface area (Å²) in [5, 5.41) is 28.6. The number of carbonyl (C=O) groups is 2. The number of hydrogen-bond acceptors (Lipinski definition) is 6. The number of carboxylic acids is 2. The molecule has 3 N–H and O–H groups in total. The van der Waals surface area contributed by atoms with Crippen molar-refractivity contribution in [1.29, 1.82) is 0 Å². The molecule has 0 unspecified atom stereocenters. The maximum Gasteiger partial charge on any atom is 0.317 e. The Hall–Kier alpha value is -3.65. The Morgan fingerprint density at radius 3 is 2.21 bits per heavy atom. The van der Waals surface area contributed by atoms with Crippen LogP contribution < -0.4 is 5.43 Å². The molecule has 150 valence electrons. The summed E-state index contributed by atoms with van der Waals surface area (Å²) in [4.78, 5) is 36.4. The number of phenolic OH excluding ortho intramolecular Hbond substituents is 1. The lowest BCUT2D eigenvalue weighted by Gasteiger charge is -2.19. The van der Waals surface area contributed by atoms with Gasteiger partial charge in [-0.3, -0.25) is 19.3 Å². The Morgan fingerprint density at radius 1 is 1.00 bits per heavy atom. The van der Waals surface area contributed by atoms with Gasteiger partial charge in [0, 0.05) is 6.54 Å². The van der Waals surface area contributed by atoms with Crippen LogP contribution in [0.2, 0.25) is 0 Å². The van der Waals surface area contributed by atoms with E-state index in [-0.39, 0.29) is 34.3 Å². The van der Waals surface area contributed by atoms with E-state index in [0.717, 1.165) is 4.90 Å². The van der Waals surface area contributed by atoms with E-state index in [4.69, 9.17) is 14.6 Å². The fraction of sp³-hybridized carbons (Fsp3) is 0.190. The molecule has 8 nitrogen and oxygen atoms in total. The third-order valence-electron chi connectivity index (χ3n) is 4.48. The lowest BCUT2D eigenvalue weighted by atomic mass is 10.0. The third-order valence-corrected chi connectivity index (χ3v) is 4.48. The number of fused-ring (bicyclic) bond motifs is 1. The summed E-state index contributed by atoms with van der Waals surface area (Å²) in [6.45, 7) is 0.318. The van der Waals surface area contributed by atoms with Gasteiger partial charge < -0.3 is 19.7 Å². The third kappa shape index (κ3) is 4.27. The maximum absolute atomic E-state index is 13.1. The highest BCUT2D eigenvalue weighted by Crippen LogP contribution is 2.31. The summed E-state index contributed by atoms with van der Waals surface area (Å²) in [5.74, 6) is -2.30. The number of phenols is 1. The van der Waals surface area contributed by atoms with Crippen LogP contribution in [0, 0.1) is 6.92 Å². The summed E-state index contributed by atoms with van der Waals surface area (Å²) in [7, 11) is 0. The van der Waals surface area contributed by atoms with Crippen LogP contribution in [0.5, 0.6) is 5.75 Å². The van der Waals surface area contributed by atoms with Crippen molar-refractivity contribution in [2.75, 3.05) is 13.1 Å². The number of hydrogen-bond donors (Lipinski definition) is 3. The zero-order chi connectivity index (χ0) is 21.1. The largest absolute Gasteiger partial charge is 0.507 e. The maximum atomic E-state index is 13.1. The van der Waals surface area contributed by atoms with Crippen molar-refractivity contribution < 1.29 is 29.3 Å². The summed E-state index contributed by atoms with van der Waals surface area (Å²) in [6, 6.07) is 11.8. The SMILES string of the molecule is Cc1oc2c(CN(CC(=O)O)CC(=O)O)c(O)ccc2c(=O)c1-c1ccccc1. The average Bonchev–Trinajstić information content (AvgIpc) is 2.64. The lowest BCUT2D eigenvalue weighted by Crippen LogP contribution is -2.34. The van der Waals surface area contributed by atoms with E-state index < -0.39 is 25.0 Å². The zero-order valence-corrected chi connectivity index (χ0v) is 15.6. The van der Waals surface area contributed by atoms with E-state index >= 15 is 0 Å². The minimum atomic E-state index is -1.21. The fourth-order valence-electron chi connectivity index (χ4n) is 3.28. The molecule has 0 saturated heterocycles. The molecule has 2 aromatic carbocycles. The Bertz CT molecular complexity index is 1120. The molecule has 0 bridgehead atoms. The van der Waals surface area contributed by atoms with Crippen LogP contribution in [-0.2, 0) is 16.1 Å². The van der Waals surface area contributed by atoms with Crippen LogP contribution in [0.4, 0.5) is 0 Å². The quantitative estimate of drug-likeness (QED) is 0.555. The van der Waals surface area contributed by atoms with Gasteiger partial charge in [-0.2, -0.15) is 0 Å². The van der Waals surface area contributed by atoms with Crippen LogP contribution in [-0.4, -0.2) is 45.2 Å². The highest BCUT2D eigenvalue weighted by atomic mass is 16.4. The van der Waals surface area contributed by atoms with Gasteiger partial charge in [0.25, 0.3) is 0 Å². The Kier molecular flexibility index (Phi) is 5.65. The van der Waals surface area contributed by atoms with Gasteiger partial charge in [0.15, 0.2) is 0 Å². The minimum absolute atomic E-state index is 0.105. The normalized spacial score (nSPS) is 11.1. The van der Waals surface area contributed by atoms with Gasteiger partial charge in [-0.05, 0) is 24.6 Å². The van der Waals surface area contributed by atoms with Crippen molar-refractivity contribution in [3.05, 3.63) is 64.0 Å². The Balaban J connectivity index is 2.16. The summed E-state index contributed by atoms with van der Waals surface area (Å²) >= 11 is 0. The molecule has 0 atom stereocenters. The first kappa shape index (κ1) is 20.1. The zero-order valence-electron chi connectivity index (χ0n) is 15.6. The van der Waals surface area contributed by atoms with Crippen LogP contribution in [0.1, 0.15) is 11.3 Å². The van der Waals surface area contributed by atoms with E-state index in [1.165, 1.54) is 12.1 Å². The predicted octanol–water partition coefficient (Wildman–Crippen LogP) is 2.45. The average molecular weight is 397 g/mol. The molecule has 0 fully saturated rings. The first-order chi connectivity index (χ1) is 13.8. The molecule has 1 aromatic heterocycles. The molecule has 1 heterocycles. The Morgan fingerprint density at radius 2 is 1.62 bits per heavy atom. The molecular weight excluding hydrogens is 378 g/mol. The second-order valence-electron chi connectivity index (χ2n) is 6.60. The number of aromatic hydroxyl groups is 1. The van der Waals surface area contributed by atoms with Crippen molar-refractivity contribution in [2.45, 2.75) is 13.5 Å². The molecule has 0 spiro atoms. The number of carboxylic acid groups (broad SMARTS) is 2. The van der Waals surface area contributed by atoms with Crippen molar-refractivity contribution >= 4 is 22.9 Å². The van der Waals surface area contributed by atoms with Crippen LogP contribution >= 0.6 is 0 Å². The van der Waals surface area contributed by atoms with Gasteiger partial charge >= 0.3 is 11.9 Å². The van der Waals surface area contributed by atoms with Gasteiger partial charge in [0.2, 0.25) is 5.43 Å². The second-order valence-corrected chi connectivity index (χ2v) is 6.60. The second kappa shape index (κ2) is 8.15. The highest BCUT2D eigenvalue weighted by Gasteiger charge is 2.21. The molecule has 0 amide bonds. The van der Waals surface area contributed by atoms with Gasteiger partial charge in [-0.25, -0.2) is 0 Å². The van der Waals surface area contributed by atoms with E-state index in [9.17, 15) is 19.5 Å². The molecule has 0 aliphatic rings. The standard InChI is InChI=1S/C21H19NO7/c1-12-19(13-5-3-2-4-6-13)20(28)14-7-8-16(23)15(21(14)29-12)9-22(10-17(24)25)11-18(26)27/h2-8,23H,9-11H2,1H3,(H,24,25)(H,26,27). The number of rotatable bonds is 7. The fourth-order valence-corrected chi connectivity index (χ4v) is 3.28. The first-order valence-electron chi connectivity index (χ1n) is 8.77. The molecule has 0 aliphatic heterocycles. The smallest absolute Gasteiger partial charge is 0.317 e. The number of aryl methyl sites for hydroxylation is 1. The summed E-state index contributed by atoms with van der Waals surface area (Å²) in [6.07, 6.45) is 0. The molecule has 3 rings (SSSR count). The molecule has 0 saturated carbocycles. The molecule has 8 heteroatoms. The molecule has 0 radical (unpaired) electrons. The van der Waals surface area contributed by atoms with Crippen molar-refractivity contribution in [2.24, 2.45) is 0 Å². The molecular formula is C21H19NO7. The van der Waals surface area contributed by atoms with Crippen LogP contribution in [0.25, 0.3) is 22.1 Å². The van der Waals surface area contributed by atoms with Gasteiger partial charge in [-0.15, -0.1) is 0 Å². The van der Waals surface area contributed by atoms with Crippen LogP contribution in [0.3, 0.4) is 0 Å². The van der Waals surface area contributed by atoms with E-state index in [0.29, 0.717) is 16.9 Å².